The Labute approximate surface area is 296 Å². The number of halogens is 1. The van der Waals surface area contributed by atoms with Gasteiger partial charge in [0.2, 0.25) is 0 Å². The van der Waals surface area contributed by atoms with Crippen molar-refractivity contribution in [3.8, 4) is 23.1 Å². The van der Waals surface area contributed by atoms with E-state index in [1.54, 1.807) is 19.2 Å². The molecule has 0 aliphatic heterocycles. The quantitative estimate of drug-likeness (QED) is 0.123. The van der Waals surface area contributed by atoms with Crippen LogP contribution in [0.2, 0.25) is 5.02 Å². The second-order valence-corrected chi connectivity index (χ2v) is 14.2. The molecule has 0 spiro atoms. The zero-order chi connectivity index (χ0) is 34.9. The molecule has 0 radical (unpaired) electrons. The lowest BCUT2D eigenvalue weighted by atomic mass is 9.79. The number of hydrogen-bond acceptors (Lipinski definition) is 6. The van der Waals surface area contributed by atoms with Gasteiger partial charge in [-0.05, 0) is 99.2 Å². The Morgan fingerprint density at radius 3 is 2.37 bits per heavy atom. The van der Waals surface area contributed by atoms with Crippen molar-refractivity contribution in [3.05, 3.63) is 111 Å². The van der Waals surface area contributed by atoms with Gasteiger partial charge in [-0.1, -0.05) is 67.4 Å². The fourth-order valence-corrected chi connectivity index (χ4v) is 6.91. The summed E-state index contributed by atoms with van der Waals surface area (Å²) in [5.41, 5.74) is 5.10. The summed E-state index contributed by atoms with van der Waals surface area (Å²) in [6, 6.07) is 25.9. The van der Waals surface area contributed by atoms with Crippen molar-refractivity contribution >= 4 is 17.5 Å². The first-order valence-electron chi connectivity index (χ1n) is 17.4. The highest BCUT2D eigenvalue weighted by molar-refractivity contribution is 6.34. The lowest BCUT2D eigenvalue weighted by molar-refractivity contribution is 0.0935. The van der Waals surface area contributed by atoms with Crippen LogP contribution in [-0.2, 0) is 13.0 Å². The summed E-state index contributed by atoms with van der Waals surface area (Å²) in [7, 11) is 1.58. The fourth-order valence-electron chi connectivity index (χ4n) is 6.67. The molecule has 49 heavy (non-hydrogen) atoms. The molecular weight excluding hydrogens is 632 g/mol. The molecule has 2 unspecified atom stereocenters. The average molecular weight is 681 g/mol. The molecule has 1 fully saturated rings. The van der Waals surface area contributed by atoms with E-state index < -0.39 is 0 Å². The predicted molar refractivity (Wildman–Crippen MR) is 197 cm³/mol. The highest BCUT2D eigenvalue weighted by atomic mass is 35.5. The van der Waals surface area contributed by atoms with Gasteiger partial charge >= 0.3 is 0 Å². The number of hydrogen-bond donors (Lipinski definition) is 3. The SMILES string of the molecule is COc1cc(Cl)c(C(=O)NC(CNC2CCC(C(C)C)CC2)Cc2ccc(C#N)cc2)cc1-c1ccc(CNC(C)c2ccc(C)cc2)o1. The van der Waals surface area contributed by atoms with E-state index >= 15 is 0 Å². The van der Waals surface area contributed by atoms with Gasteiger partial charge in [0.25, 0.3) is 5.91 Å². The Bertz CT molecular complexity index is 1720. The standard InChI is InChI=1S/C41H49ClN4O3/c1-26(2)31-14-16-33(17-15-31)45-24-34(20-29-8-10-30(23-43)11-9-29)46-41(47)36-21-37(40(48-5)22-38(36)42)39-19-18-35(49-39)25-44-28(4)32-12-6-27(3)7-13-32/h6-13,18-19,21-22,26,28,31,33-34,44-45H,14-17,20,24-25H2,1-5H3,(H,46,47). The van der Waals surface area contributed by atoms with Gasteiger partial charge in [0, 0.05) is 30.7 Å². The summed E-state index contributed by atoms with van der Waals surface area (Å²) < 4.78 is 11.9. The zero-order valence-corrected chi connectivity index (χ0v) is 30.1. The molecule has 5 rings (SSSR count). The van der Waals surface area contributed by atoms with Gasteiger partial charge in [-0.15, -0.1) is 0 Å². The monoisotopic (exact) mass is 680 g/mol. The molecule has 1 heterocycles. The molecule has 0 bridgehead atoms. The molecule has 0 saturated heterocycles. The molecule has 1 saturated carbocycles. The number of amides is 1. The number of rotatable bonds is 14. The lowest BCUT2D eigenvalue weighted by Crippen LogP contribution is -2.47. The van der Waals surface area contributed by atoms with E-state index in [1.807, 2.05) is 36.4 Å². The first-order chi connectivity index (χ1) is 23.6. The number of aryl methyl sites for hydroxylation is 1. The smallest absolute Gasteiger partial charge is 0.253 e. The van der Waals surface area contributed by atoms with Crippen molar-refractivity contribution in [3.63, 3.8) is 0 Å². The average Bonchev–Trinajstić information content (AvgIpc) is 3.59. The van der Waals surface area contributed by atoms with Crippen molar-refractivity contribution in [2.75, 3.05) is 13.7 Å². The van der Waals surface area contributed by atoms with E-state index in [9.17, 15) is 10.1 Å². The maximum atomic E-state index is 13.9. The molecule has 7 nitrogen and oxygen atoms in total. The van der Waals surface area contributed by atoms with Crippen LogP contribution in [0.5, 0.6) is 5.75 Å². The molecule has 3 N–H and O–H groups in total. The molecule has 1 amide bonds. The van der Waals surface area contributed by atoms with Crippen molar-refractivity contribution in [1.29, 1.82) is 5.26 Å². The zero-order valence-electron chi connectivity index (χ0n) is 29.3. The Kier molecular flexibility index (Phi) is 12.6. The minimum atomic E-state index is -0.266. The number of methoxy groups -OCH3 is 1. The number of carbonyl (C=O) groups is 1. The number of furan rings is 1. The van der Waals surface area contributed by atoms with Crippen LogP contribution in [0.1, 0.15) is 90.9 Å². The largest absolute Gasteiger partial charge is 0.496 e. The number of ether oxygens (including phenoxy) is 1. The summed E-state index contributed by atoms with van der Waals surface area (Å²) in [6.45, 7) is 10.0. The fraction of sp³-hybridized carbons (Fsp3) is 0.415. The molecule has 1 aliphatic carbocycles. The summed E-state index contributed by atoms with van der Waals surface area (Å²) in [5, 5.41) is 20.1. The molecule has 3 aromatic carbocycles. The third-order valence-electron chi connectivity index (χ3n) is 9.89. The molecule has 1 aliphatic rings. The first kappa shape index (κ1) is 36.2. The van der Waals surface area contributed by atoms with Gasteiger partial charge in [0.05, 0.1) is 41.4 Å². The molecule has 258 valence electrons. The second kappa shape index (κ2) is 17.0. The second-order valence-electron chi connectivity index (χ2n) is 13.8. The Morgan fingerprint density at radius 2 is 1.71 bits per heavy atom. The number of nitrogens with one attached hydrogen (secondary N) is 3. The van der Waals surface area contributed by atoms with E-state index in [0.717, 1.165) is 30.1 Å². The van der Waals surface area contributed by atoms with Gasteiger partial charge in [0.1, 0.15) is 17.3 Å². The maximum absolute atomic E-state index is 13.9. The van der Waals surface area contributed by atoms with Crippen molar-refractivity contribution < 1.29 is 13.9 Å². The molecule has 1 aromatic heterocycles. The summed E-state index contributed by atoms with van der Waals surface area (Å²) in [6.07, 6.45) is 5.34. The van der Waals surface area contributed by atoms with Crippen molar-refractivity contribution in [2.24, 2.45) is 11.8 Å². The summed E-state index contributed by atoms with van der Waals surface area (Å²) >= 11 is 6.71. The number of benzene rings is 3. The predicted octanol–water partition coefficient (Wildman–Crippen LogP) is 8.79. The van der Waals surface area contributed by atoms with Crippen LogP contribution in [0.25, 0.3) is 11.3 Å². The molecular formula is C41H49ClN4O3. The van der Waals surface area contributed by atoms with Crippen LogP contribution in [0.15, 0.2) is 77.2 Å². The number of nitriles is 1. The third kappa shape index (κ3) is 9.76. The summed E-state index contributed by atoms with van der Waals surface area (Å²) in [4.78, 5) is 13.9. The van der Waals surface area contributed by atoms with Crippen LogP contribution in [0.4, 0.5) is 0 Å². The Morgan fingerprint density at radius 1 is 1.00 bits per heavy atom. The van der Waals surface area contributed by atoms with Gasteiger partial charge in [-0.2, -0.15) is 5.26 Å². The van der Waals surface area contributed by atoms with E-state index in [0.29, 0.717) is 64.7 Å². The van der Waals surface area contributed by atoms with Crippen LogP contribution < -0.4 is 20.7 Å². The third-order valence-corrected chi connectivity index (χ3v) is 10.2. The molecule has 8 heteroatoms. The normalized spacial score (nSPS) is 17.3. The van der Waals surface area contributed by atoms with Gasteiger partial charge in [0.15, 0.2) is 0 Å². The number of nitrogens with zero attached hydrogens (tertiary/aromatic N) is 1. The maximum Gasteiger partial charge on any atom is 0.253 e. The first-order valence-corrected chi connectivity index (χ1v) is 17.8. The topological polar surface area (TPSA) is 99.3 Å². The molecule has 4 aromatic rings. The van der Waals surface area contributed by atoms with E-state index in [-0.39, 0.29) is 18.0 Å². The van der Waals surface area contributed by atoms with Gasteiger partial charge in [-0.25, -0.2) is 0 Å². The van der Waals surface area contributed by atoms with Crippen LogP contribution >= 0.6 is 11.6 Å². The number of carbonyl (C=O) groups excluding carboxylic acids is 1. The van der Waals surface area contributed by atoms with Crippen molar-refractivity contribution in [2.45, 2.75) is 84.5 Å². The van der Waals surface area contributed by atoms with Crippen molar-refractivity contribution in [1.82, 2.24) is 16.0 Å². The van der Waals surface area contributed by atoms with E-state index in [2.05, 4.69) is 74.0 Å². The van der Waals surface area contributed by atoms with Gasteiger partial charge < -0.3 is 25.1 Å². The minimum absolute atomic E-state index is 0.149. The highest BCUT2D eigenvalue weighted by Crippen LogP contribution is 2.36. The van der Waals surface area contributed by atoms with Crippen LogP contribution in [-0.4, -0.2) is 31.6 Å². The summed E-state index contributed by atoms with van der Waals surface area (Å²) in [5.74, 6) is 3.11. The van der Waals surface area contributed by atoms with Crippen LogP contribution in [0.3, 0.4) is 0 Å². The van der Waals surface area contributed by atoms with Crippen LogP contribution in [0, 0.1) is 30.1 Å². The molecule has 2 atom stereocenters. The Balaban J connectivity index is 1.30. The lowest BCUT2D eigenvalue weighted by Gasteiger charge is -2.32. The Hall–Kier alpha value is -4.09. The highest BCUT2D eigenvalue weighted by Gasteiger charge is 2.25. The minimum Gasteiger partial charge on any atom is -0.496 e. The van der Waals surface area contributed by atoms with E-state index in [1.165, 1.54) is 24.0 Å². The van der Waals surface area contributed by atoms with Gasteiger partial charge in [-0.3, -0.25) is 4.79 Å². The van der Waals surface area contributed by atoms with E-state index in [4.69, 9.17) is 20.8 Å².